The van der Waals surface area contributed by atoms with Gasteiger partial charge in [-0.1, -0.05) is 30.3 Å². The zero-order valence-corrected chi connectivity index (χ0v) is 14.9. The van der Waals surface area contributed by atoms with Crippen LogP contribution in [0.25, 0.3) is 0 Å². The predicted octanol–water partition coefficient (Wildman–Crippen LogP) is 1.94. The van der Waals surface area contributed by atoms with Crippen molar-refractivity contribution >= 4 is 19.6 Å². The van der Waals surface area contributed by atoms with Crippen molar-refractivity contribution in [2.75, 3.05) is 13.7 Å². The zero-order valence-electron chi connectivity index (χ0n) is 14.9. The Morgan fingerprint density at radius 1 is 1.28 bits per heavy atom. The normalized spacial score (nSPS) is 28.2. The average molecular weight is 342 g/mol. The Bertz CT molecular complexity index is 597. The molecule has 3 rings (SSSR count). The van der Waals surface area contributed by atoms with Crippen LogP contribution in [0.15, 0.2) is 30.3 Å². The first-order chi connectivity index (χ1) is 12.1. The molecule has 0 N–H and O–H groups in total. The number of carbonyl (C=O) groups is 2. The largest absolute Gasteiger partial charge is 0.462 e. The molecule has 0 spiro atoms. The molecule has 2 fully saturated rings. The molecule has 3 unspecified atom stereocenters. The van der Waals surface area contributed by atoms with Crippen molar-refractivity contribution in [3.05, 3.63) is 35.9 Å². The van der Waals surface area contributed by atoms with Crippen LogP contribution in [0.1, 0.15) is 38.2 Å². The number of methoxy groups -OCH3 is 1. The molecule has 2 heterocycles. The van der Waals surface area contributed by atoms with E-state index in [1.807, 2.05) is 37.3 Å². The van der Waals surface area contributed by atoms with E-state index in [-0.39, 0.29) is 18.7 Å². The van der Waals surface area contributed by atoms with Crippen molar-refractivity contribution in [1.82, 2.24) is 4.81 Å². The third-order valence-electron chi connectivity index (χ3n) is 5.55. The van der Waals surface area contributed by atoms with E-state index in [2.05, 4.69) is 4.81 Å². The predicted molar refractivity (Wildman–Crippen MR) is 95.9 cm³/mol. The van der Waals surface area contributed by atoms with Crippen molar-refractivity contribution in [3.8, 4) is 0 Å². The van der Waals surface area contributed by atoms with Gasteiger partial charge in [-0.2, -0.15) is 0 Å². The molecule has 6 heteroatoms. The number of ether oxygens (including phenoxy) is 2. The standard InChI is InChI=1S/C19H25BNO4/c1-19(12-24-2,14-6-4-3-5-7-14)18(23)25-17-10-15-8-9-16(11-17)21(15)20-13-22/h3-7,13,15-17H,8-12H2,1-2H3. The summed E-state index contributed by atoms with van der Waals surface area (Å²) in [4.78, 5) is 25.9. The van der Waals surface area contributed by atoms with E-state index in [9.17, 15) is 9.59 Å². The number of piperidine rings is 1. The Morgan fingerprint density at radius 2 is 1.92 bits per heavy atom. The van der Waals surface area contributed by atoms with Gasteiger partial charge in [-0.15, -0.1) is 0 Å². The summed E-state index contributed by atoms with van der Waals surface area (Å²) in [7, 11) is 3.24. The summed E-state index contributed by atoms with van der Waals surface area (Å²) in [5, 5.41) is 0. The van der Waals surface area contributed by atoms with Crippen molar-refractivity contribution in [3.63, 3.8) is 0 Å². The highest BCUT2D eigenvalue weighted by atomic mass is 16.5. The minimum absolute atomic E-state index is 0.0961. The van der Waals surface area contributed by atoms with E-state index >= 15 is 0 Å². The Kier molecular flexibility index (Phi) is 5.59. The molecule has 5 nitrogen and oxygen atoms in total. The summed E-state index contributed by atoms with van der Waals surface area (Å²) in [5.74, 6) is -0.238. The van der Waals surface area contributed by atoms with Crippen molar-refractivity contribution < 1.29 is 19.1 Å². The summed E-state index contributed by atoms with van der Waals surface area (Å²) in [6, 6.07) is 10.2. The number of esters is 1. The van der Waals surface area contributed by atoms with Gasteiger partial charge in [-0.05, 0) is 38.2 Å². The number of benzene rings is 1. The molecule has 0 amide bonds. The molecule has 2 saturated heterocycles. The summed E-state index contributed by atoms with van der Waals surface area (Å²) in [6.45, 7) is 2.15. The fourth-order valence-electron chi connectivity index (χ4n) is 4.21. The first kappa shape index (κ1) is 18.1. The topological polar surface area (TPSA) is 55.8 Å². The Balaban J connectivity index is 1.70. The third-order valence-corrected chi connectivity index (χ3v) is 5.55. The highest BCUT2D eigenvalue weighted by Crippen LogP contribution is 2.37. The third kappa shape index (κ3) is 3.65. The Hall–Kier alpha value is -1.66. The van der Waals surface area contributed by atoms with Crippen LogP contribution in [0.2, 0.25) is 0 Å². The van der Waals surface area contributed by atoms with Crippen LogP contribution in [-0.2, 0) is 24.5 Å². The average Bonchev–Trinajstić information content (AvgIpc) is 2.85. The Labute approximate surface area is 149 Å². The van der Waals surface area contributed by atoms with Gasteiger partial charge < -0.3 is 19.1 Å². The molecular weight excluding hydrogens is 317 g/mol. The second kappa shape index (κ2) is 7.71. The van der Waals surface area contributed by atoms with Gasteiger partial charge in [0.15, 0.2) is 0 Å². The van der Waals surface area contributed by atoms with Crippen molar-refractivity contribution in [2.24, 2.45) is 0 Å². The monoisotopic (exact) mass is 342 g/mol. The minimum atomic E-state index is -0.818. The lowest BCUT2D eigenvalue weighted by molar-refractivity contribution is -0.160. The molecule has 1 radical (unpaired) electrons. The van der Waals surface area contributed by atoms with Crippen LogP contribution in [-0.4, -0.2) is 56.3 Å². The molecule has 1 aromatic rings. The number of nitrogens with zero attached hydrogens (tertiary/aromatic N) is 1. The van der Waals surface area contributed by atoms with E-state index in [1.165, 1.54) is 0 Å². The van der Waals surface area contributed by atoms with Crippen LogP contribution in [0, 0.1) is 0 Å². The molecular formula is C19H25BNO4. The minimum Gasteiger partial charge on any atom is -0.462 e. The van der Waals surface area contributed by atoms with Gasteiger partial charge in [0, 0.05) is 19.2 Å². The lowest BCUT2D eigenvalue weighted by Gasteiger charge is -2.39. The summed E-state index contributed by atoms with van der Waals surface area (Å²) >= 11 is 0. The first-order valence-electron chi connectivity index (χ1n) is 8.90. The molecule has 25 heavy (non-hydrogen) atoms. The van der Waals surface area contributed by atoms with Crippen LogP contribution in [0.5, 0.6) is 0 Å². The molecule has 0 aromatic heterocycles. The highest BCUT2D eigenvalue weighted by Gasteiger charge is 2.44. The van der Waals surface area contributed by atoms with Crippen LogP contribution in [0.3, 0.4) is 0 Å². The zero-order chi connectivity index (χ0) is 17.9. The number of hydrogen-bond acceptors (Lipinski definition) is 5. The van der Waals surface area contributed by atoms with E-state index in [0.29, 0.717) is 12.1 Å². The maximum atomic E-state index is 13.0. The molecule has 2 aliphatic heterocycles. The van der Waals surface area contributed by atoms with Gasteiger partial charge in [0.1, 0.15) is 11.5 Å². The molecule has 133 valence electrons. The van der Waals surface area contributed by atoms with Gasteiger partial charge in [0.25, 0.3) is 7.41 Å². The lowest BCUT2D eigenvalue weighted by atomic mass is 9.82. The SMILES string of the molecule is COCC(C)(C(=O)OC1CC2CCC(C1)N2[B]C=O)c1ccccc1. The van der Waals surface area contributed by atoms with Gasteiger partial charge in [0.05, 0.1) is 12.8 Å². The van der Waals surface area contributed by atoms with E-state index < -0.39 is 5.41 Å². The molecule has 0 aliphatic carbocycles. The van der Waals surface area contributed by atoms with E-state index in [4.69, 9.17) is 9.47 Å². The number of rotatable bonds is 7. The summed E-state index contributed by atoms with van der Waals surface area (Å²) < 4.78 is 11.2. The maximum Gasteiger partial charge on any atom is 0.318 e. The van der Waals surface area contributed by atoms with Crippen LogP contribution < -0.4 is 0 Å². The van der Waals surface area contributed by atoms with Crippen molar-refractivity contribution in [1.29, 1.82) is 0 Å². The fraction of sp³-hybridized carbons (Fsp3) is 0.579. The van der Waals surface area contributed by atoms with E-state index in [1.54, 1.807) is 14.5 Å². The number of hydrogen-bond donors (Lipinski definition) is 0. The summed E-state index contributed by atoms with van der Waals surface area (Å²) in [6.07, 6.45) is 4.42. The fourth-order valence-corrected chi connectivity index (χ4v) is 4.21. The van der Waals surface area contributed by atoms with Crippen LogP contribution in [0.4, 0.5) is 0 Å². The Morgan fingerprint density at radius 3 is 2.48 bits per heavy atom. The number of carbonyl (C=O) groups excluding carboxylic acids is 2. The molecule has 2 aliphatic rings. The molecule has 0 saturated carbocycles. The second-order valence-corrected chi connectivity index (χ2v) is 7.25. The quantitative estimate of drug-likeness (QED) is 0.431. The second-order valence-electron chi connectivity index (χ2n) is 7.25. The maximum absolute atomic E-state index is 13.0. The van der Waals surface area contributed by atoms with Gasteiger partial charge in [-0.3, -0.25) is 4.79 Å². The lowest BCUT2D eigenvalue weighted by Crippen LogP contribution is -2.49. The van der Waals surface area contributed by atoms with Gasteiger partial charge in [-0.25, -0.2) is 0 Å². The summed E-state index contributed by atoms with van der Waals surface area (Å²) in [5.41, 5.74) is 0.0812. The molecule has 2 bridgehead atoms. The van der Waals surface area contributed by atoms with Crippen molar-refractivity contribution in [2.45, 2.75) is 56.2 Å². The van der Waals surface area contributed by atoms with Crippen LogP contribution >= 0.6 is 0 Å². The first-order valence-corrected chi connectivity index (χ1v) is 8.90. The highest BCUT2D eigenvalue weighted by molar-refractivity contribution is 6.64. The molecule has 1 aromatic carbocycles. The molecule has 3 atom stereocenters. The van der Waals surface area contributed by atoms with Gasteiger partial charge >= 0.3 is 5.97 Å². The van der Waals surface area contributed by atoms with Gasteiger partial charge in [0.2, 0.25) is 0 Å². The van der Waals surface area contributed by atoms with E-state index in [0.717, 1.165) is 37.4 Å². The number of fused-ring (bicyclic) bond motifs is 2. The smallest absolute Gasteiger partial charge is 0.318 e.